The fraction of sp³-hybridized carbons (Fsp3) is 0.857. The summed E-state index contributed by atoms with van der Waals surface area (Å²) < 4.78 is 0. The van der Waals surface area contributed by atoms with E-state index in [0.29, 0.717) is 0 Å². The average Bonchev–Trinajstić information content (AvgIpc) is 2.32. The lowest BCUT2D eigenvalue weighted by Gasteiger charge is -2.12. The van der Waals surface area contributed by atoms with Gasteiger partial charge in [0.2, 0.25) is 0 Å². The predicted octanol–water partition coefficient (Wildman–Crippen LogP) is 4.26. The Hall–Kier alpha value is -1.06. The fourth-order valence-electron chi connectivity index (χ4n) is 2.38. The summed E-state index contributed by atoms with van der Waals surface area (Å²) in [6.45, 7) is 0. The van der Waals surface area contributed by atoms with Gasteiger partial charge in [0.05, 0.1) is 0 Å². The molecule has 1 amide bonds. The van der Waals surface area contributed by atoms with Gasteiger partial charge in [-0.3, -0.25) is 0 Å². The highest BCUT2D eigenvalue weighted by atomic mass is 16.4. The molecule has 1 aliphatic rings. The minimum atomic E-state index is -0.978. The molecule has 0 aromatic heterocycles. The van der Waals surface area contributed by atoms with E-state index in [1.165, 1.54) is 52.0 Å². The van der Waals surface area contributed by atoms with Crippen molar-refractivity contribution in [2.75, 3.05) is 7.05 Å². The second-order valence-corrected chi connectivity index (χ2v) is 5.15. The summed E-state index contributed by atoms with van der Waals surface area (Å²) in [4.78, 5) is 10.8. The molecular weight excluding hydrogens is 228 g/mol. The fourth-order valence-corrected chi connectivity index (χ4v) is 2.38. The summed E-state index contributed by atoms with van der Waals surface area (Å²) in [7, 11) is 1.51. The molecule has 0 aromatic rings. The van der Waals surface area contributed by atoms with E-state index in [0.717, 1.165) is 36.4 Å². The first-order valence-corrected chi connectivity index (χ1v) is 7.23. The number of hydrogen-bond acceptors (Lipinski definition) is 2. The molecule has 1 fully saturated rings. The number of amides is 1. The Balaban J connectivity index is 2.47. The maximum atomic E-state index is 10.8. The van der Waals surface area contributed by atoms with Crippen LogP contribution >= 0.6 is 0 Å². The molecule has 1 saturated carbocycles. The summed E-state index contributed by atoms with van der Waals surface area (Å²) in [6.07, 6.45) is 12.4. The molecule has 0 spiro atoms. The van der Waals surface area contributed by atoms with Gasteiger partial charge in [-0.05, 0) is 25.7 Å². The standard InChI is InChI=1S/C14H26N2O2/c1-16(14(17)18)15-13-11-9-7-5-3-2-4-6-8-10-12-13/h2-12H2,1H3,(H,17,18). The second-order valence-electron chi connectivity index (χ2n) is 5.15. The monoisotopic (exact) mass is 254 g/mol. The van der Waals surface area contributed by atoms with Crippen molar-refractivity contribution in [2.45, 2.75) is 70.6 Å². The van der Waals surface area contributed by atoms with Crippen LogP contribution in [0.1, 0.15) is 70.6 Å². The molecule has 0 heterocycles. The van der Waals surface area contributed by atoms with Crippen molar-refractivity contribution in [3.8, 4) is 0 Å². The molecule has 0 unspecified atom stereocenters. The van der Waals surface area contributed by atoms with Gasteiger partial charge >= 0.3 is 6.09 Å². The van der Waals surface area contributed by atoms with Crippen LogP contribution < -0.4 is 0 Å². The Morgan fingerprint density at radius 3 is 1.72 bits per heavy atom. The lowest BCUT2D eigenvalue weighted by Crippen LogP contribution is -2.20. The summed E-state index contributed by atoms with van der Waals surface area (Å²) in [5, 5.41) is 14.1. The number of carboxylic acid groups (broad SMARTS) is 1. The van der Waals surface area contributed by atoms with E-state index in [2.05, 4.69) is 5.10 Å². The van der Waals surface area contributed by atoms with Crippen molar-refractivity contribution in [1.29, 1.82) is 0 Å². The minimum Gasteiger partial charge on any atom is -0.464 e. The first-order chi connectivity index (χ1) is 8.70. The maximum Gasteiger partial charge on any atom is 0.427 e. The third-order valence-corrected chi connectivity index (χ3v) is 3.50. The van der Waals surface area contributed by atoms with Gasteiger partial charge in [0.25, 0.3) is 0 Å². The summed E-state index contributed by atoms with van der Waals surface area (Å²) >= 11 is 0. The van der Waals surface area contributed by atoms with Crippen LogP contribution in [0.25, 0.3) is 0 Å². The van der Waals surface area contributed by atoms with Crippen molar-refractivity contribution >= 4 is 11.8 Å². The van der Waals surface area contributed by atoms with Crippen molar-refractivity contribution in [3.63, 3.8) is 0 Å². The van der Waals surface area contributed by atoms with Gasteiger partial charge in [-0.2, -0.15) is 5.10 Å². The molecule has 104 valence electrons. The van der Waals surface area contributed by atoms with E-state index in [-0.39, 0.29) is 0 Å². The molecule has 0 saturated heterocycles. The zero-order valence-electron chi connectivity index (χ0n) is 11.5. The topological polar surface area (TPSA) is 52.9 Å². The van der Waals surface area contributed by atoms with Crippen molar-refractivity contribution in [3.05, 3.63) is 0 Å². The second kappa shape index (κ2) is 8.95. The van der Waals surface area contributed by atoms with E-state index in [1.54, 1.807) is 0 Å². The molecule has 1 rings (SSSR count). The number of carbonyl (C=O) groups is 1. The van der Waals surface area contributed by atoms with Crippen LogP contribution in [0.4, 0.5) is 4.79 Å². The number of hydrogen-bond donors (Lipinski definition) is 1. The zero-order chi connectivity index (χ0) is 13.2. The molecule has 1 N–H and O–H groups in total. The Bertz CT molecular complexity index is 263. The minimum absolute atomic E-state index is 0.956. The summed E-state index contributed by atoms with van der Waals surface area (Å²) in [6, 6.07) is 0. The van der Waals surface area contributed by atoms with E-state index in [1.807, 2.05) is 0 Å². The lowest BCUT2D eigenvalue weighted by atomic mass is 10.00. The zero-order valence-corrected chi connectivity index (χ0v) is 11.5. The van der Waals surface area contributed by atoms with Crippen molar-refractivity contribution < 1.29 is 9.90 Å². The highest BCUT2D eigenvalue weighted by molar-refractivity contribution is 5.85. The van der Waals surface area contributed by atoms with Crippen molar-refractivity contribution in [2.24, 2.45) is 5.10 Å². The first-order valence-electron chi connectivity index (χ1n) is 7.23. The molecule has 18 heavy (non-hydrogen) atoms. The van der Waals surface area contributed by atoms with Gasteiger partial charge in [0, 0.05) is 12.8 Å². The Morgan fingerprint density at radius 1 is 0.944 bits per heavy atom. The van der Waals surface area contributed by atoms with E-state index in [4.69, 9.17) is 5.11 Å². The van der Waals surface area contributed by atoms with Crippen LogP contribution in [0, 0.1) is 0 Å². The molecule has 0 aliphatic heterocycles. The van der Waals surface area contributed by atoms with Gasteiger partial charge < -0.3 is 5.11 Å². The average molecular weight is 254 g/mol. The quantitative estimate of drug-likeness (QED) is 0.711. The number of nitrogens with zero attached hydrogens (tertiary/aromatic N) is 2. The molecular formula is C14H26N2O2. The number of hydrazone groups is 1. The van der Waals surface area contributed by atoms with Crippen LogP contribution in [-0.4, -0.2) is 29.0 Å². The van der Waals surface area contributed by atoms with Crippen LogP contribution in [0.15, 0.2) is 5.10 Å². The molecule has 0 aromatic carbocycles. The SMILES string of the molecule is CN(N=C1CCCCCCCCCCC1)C(=O)O. The van der Waals surface area contributed by atoms with Crippen LogP contribution in [0.3, 0.4) is 0 Å². The van der Waals surface area contributed by atoms with Crippen LogP contribution in [0.5, 0.6) is 0 Å². The Morgan fingerprint density at radius 2 is 1.33 bits per heavy atom. The molecule has 1 aliphatic carbocycles. The highest BCUT2D eigenvalue weighted by Crippen LogP contribution is 2.15. The van der Waals surface area contributed by atoms with Gasteiger partial charge in [0.1, 0.15) is 0 Å². The molecule has 4 heteroatoms. The highest BCUT2D eigenvalue weighted by Gasteiger charge is 2.07. The van der Waals surface area contributed by atoms with Gasteiger partial charge in [0.15, 0.2) is 0 Å². The van der Waals surface area contributed by atoms with Crippen molar-refractivity contribution in [1.82, 2.24) is 5.01 Å². The van der Waals surface area contributed by atoms with Gasteiger partial charge in [-0.15, -0.1) is 0 Å². The lowest BCUT2D eigenvalue weighted by molar-refractivity contribution is 0.157. The Labute approximate surface area is 110 Å². The summed E-state index contributed by atoms with van der Waals surface area (Å²) in [5.41, 5.74) is 1.06. The van der Waals surface area contributed by atoms with Gasteiger partial charge in [-0.1, -0.05) is 44.9 Å². The van der Waals surface area contributed by atoms with E-state index < -0.39 is 6.09 Å². The third-order valence-electron chi connectivity index (χ3n) is 3.50. The van der Waals surface area contributed by atoms with E-state index >= 15 is 0 Å². The van der Waals surface area contributed by atoms with Crippen LogP contribution in [0.2, 0.25) is 0 Å². The predicted molar refractivity (Wildman–Crippen MR) is 74.0 cm³/mol. The largest absolute Gasteiger partial charge is 0.464 e. The first kappa shape index (κ1) is 15.0. The smallest absolute Gasteiger partial charge is 0.427 e. The maximum absolute atomic E-state index is 10.8. The van der Waals surface area contributed by atoms with Gasteiger partial charge in [-0.25, -0.2) is 9.80 Å². The normalized spacial score (nSPS) is 19.5. The third kappa shape index (κ3) is 6.62. The molecule has 0 bridgehead atoms. The molecule has 0 radical (unpaired) electrons. The Kier molecular flexibility index (Phi) is 7.46. The molecule has 0 atom stereocenters. The number of rotatable bonds is 1. The summed E-state index contributed by atoms with van der Waals surface area (Å²) in [5.74, 6) is 0. The van der Waals surface area contributed by atoms with Crippen LogP contribution in [-0.2, 0) is 0 Å². The van der Waals surface area contributed by atoms with E-state index in [9.17, 15) is 4.79 Å². The molecule has 4 nitrogen and oxygen atoms in total.